The highest BCUT2D eigenvalue weighted by molar-refractivity contribution is 6.30. The molecule has 0 bridgehead atoms. The SMILES string of the molecule is CC(C)=CC(=O)NCC(O)c1ccc(Cl)cc1. The van der Waals surface area contributed by atoms with Crippen LogP contribution in [0.25, 0.3) is 0 Å². The Morgan fingerprint density at radius 1 is 1.41 bits per heavy atom. The largest absolute Gasteiger partial charge is 0.387 e. The van der Waals surface area contributed by atoms with Crippen LogP contribution in [0, 0.1) is 0 Å². The second kappa shape index (κ2) is 6.42. The minimum absolute atomic E-state index is 0.185. The molecule has 0 radical (unpaired) electrons. The van der Waals surface area contributed by atoms with Gasteiger partial charge in [-0.25, -0.2) is 0 Å². The molecule has 2 N–H and O–H groups in total. The molecule has 0 aromatic heterocycles. The quantitative estimate of drug-likeness (QED) is 0.810. The summed E-state index contributed by atoms with van der Waals surface area (Å²) in [6.45, 7) is 3.87. The van der Waals surface area contributed by atoms with Crippen LogP contribution >= 0.6 is 11.6 Å². The lowest BCUT2D eigenvalue weighted by Gasteiger charge is -2.11. The van der Waals surface area contributed by atoms with E-state index in [2.05, 4.69) is 5.32 Å². The first-order chi connectivity index (χ1) is 7.99. The molecule has 0 saturated carbocycles. The van der Waals surface area contributed by atoms with Gasteiger partial charge in [0.1, 0.15) is 0 Å². The zero-order valence-corrected chi connectivity index (χ0v) is 10.7. The standard InChI is InChI=1S/C13H16ClNO2/c1-9(2)7-13(17)15-8-12(16)10-3-5-11(14)6-4-10/h3-7,12,16H,8H2,1-2H3,(H,15,17). The summed E-state index contributed by atoms with van der Waals surface area (Å²) in [5.41, 5.74) is 1.65. The molecule has 1 atom stereocenters. The van der Waals surface area contributed by atoms with E-state index in [1.54, 1.807) is 24.3 Å². The number of allylic oxidation sites excluding steroid dienone is 1. The number of carbonyl (C=O) groups excluding carboxylic acids is 1. The van der Waals surface area contributed by atoms with E-state index < -0.39 is 6.10 Å². The monoisotopic (exact) mass is 253 g/mol. The summed E-state index contributed by atoms with van der Waals surface area (Å²) in [4.78, 5) is 11.3. The van der Waals surface area contributed by atoms with E-state index in [1.165, 1.54) is 6.08 Å². The topological polar surface area (TPSA) is 49.3 Å². The molecule has 0 aliphatic carbocycles. The minimum atomic E-state index is -0.721. The summed E-state index contributed by atoms with van der Waals surface area (Å²) in [7, 11) is 0. The smallest absolute Gasteiger partial charge is 0.244 e. The number of benzene rings is 1. The Morgan fingerprint density at radius 2 is 2.00 bits per heavy atom. The Balaban J connectivity index is 2.50. The Labute approximate surface area is 106 Å². The van der Waals surface area contributed by atoms with Crippen LogP contribution in [0.2, 0.25) is 5.02 Å². The molecule has 3 nitrogen and oxygen atoms in total. The van der Waals surface area contributed by atoms with E-state index in [0.29, 0.717) is 5.02 Å². The normalized spacial score (nSPS) is 11.8. The summed E-state index contributed by atoms with van der Waals surface area (Å²) in [6, 6.07) is 6.89. The van der Waals surface area contributed by atoms with E-state index in [9.17, 15) is 9.90 Å². The van der Waals surface area contributed by atoms with Crippen molar-refractivity contribution in [3.63, 3.8) is 0 Å². The Bertz CT molecular complexity index is 408. The van der Waals surface area contributed by atoms with Gasteiger partial charge in [-0.3, -0.25) is 4.79 Å². The van der Waals surface area contributed by atoms with Crippen molar-refractivity contribution in [2.24, 2.45) is 0 Å². The van der Waals surface area contributed by atoms with Crippen LogP contribution in [0.1, 0.15) is 25.5 Å². The number of aliphatic hydroxyl groups is 1. The highest BCUT2D eigenvalue weighted by atomic mass is 35.5. The molecule has 0 fully saturated rings. The van der Waals surface area contributed by atoms with Gasteiger partial charge in [0, 0.05) is 17.6 Å². The van der Waals surface area contributed by atoms with Crippen molar-refractivity contribution in [1.29, 1.82) is 0 Å². The Kier molecular flexibility index (Phi) is 5.19. The van der Waals surface area contributed by atoms with Crippen molar-refractivity contribution in [1.82, 2.24) is 5.32 Å². The molecule has 1 aromatic rings. The molecule has 0 aliphatic rings. The highest BCUT2D eigenvalue weighted by Crippen LogP contribution is 2.15. The van der Waals surface area contributed by atoms with Crippen molar-refractivity contribution >= 4 is 17.5 Å². The average Bonchev–Trinajstić information content (AvgIpc) is 2.26. The maximum atomic E-state index is 11.3. The van der Waals surface area contributed by atoms with Gasteiger partial charge >= 0.3 is 0 Å². The molecule has 17 heavy (non-hydrogen) atoms. The van der Waals surface area contributed by atoms with E-state index in [4.69, 9.17) is 11.6 Å². The number of rotatable bonds is 4. The third-order valence-corrected chi connectivity index (χ3v) is 2.40. The van der Waals surface area contributed by atoms with E-state index in [-0.39, 0.29) is 12.5 Å². The van der Waals surface area contributed by atoms with Gasteiger partial charge in [-0.1, -0.05) is 29.3 Å². The van der Waals surface area contributed by atoms with Crippen molar-refractivity contribution in [3.8, 4) is 0 Å². The van der Waals surface area contributed by atoms with Crippen molar-refractivity contribution in [2.45, 2.75) is 20.0 Å². The first-order valence-corrected chi connectivity index (χ1v) is 5.73. The number of carbonyl (C=O) groups is 1. The first kappa shape index (κ1) is 13.7. The lowest BCUT2D eigenvalue weighted by Crippen LogP contribution is -2.26. The number of nitrogens with one attached hydrogen (secondary N) is 1. The Hall–Kier alpha value is -1.32. The molecule has 4 heteroatoms. The number of hydrogen-bond donors (Lipinski definition) is 2. The van der Waals surface area contributed by atoms with Gasteiger partial charge in [-0.05, 0) is 31.5 Å². The molecular formula is C13H16ClNO2. The van der Waals surface area contributed by atoms with E-state index in [1.807, 2.05) is 13.8 Å². The molecule has 1 aromatic carbocycles. The summed E-state index contributed by atoms with van der Waals surface area (Å²) >= 11 is 5.74. The van der Waals surface area contributed by atoms with Gasteiger partial charge < -0.3 is 10.4 Å². The summed E-state index contributed by atoms with van der Waals surface area (Å²) in [6.07, 6.45) is 0.774. The molecule has 0 heterocycles. The van der Waals surface area contributed by atoms with Gasteiger partial charge in [-0.2, -0.15) is 0 Å². The van der Waals surface area contributed by atoms with Crippen LogP contribution < -0.4 is 5.32 Å². The highest BCUT2D eigenvalue weighted by Gasteiger charge is 2.08. The summed E-state index contributed by atoms with van der Waals surface area (Å²) < 4.78 is 0. The van der Waals surface area contributed by atoms with Crippen LogP contribution in [0.4, 0.5) is 0 Å². The van der Waals surface area contributed by atoms with Gasteiger partial charge in [0.2, 0.25) is 5.91 Å². The Morgan fingerprint density at radius 3 is 2.53 bits per heavy atom. The van der Waals surface area contributed by atoms with Gasteiger partial charge in [0.25, 0.3) is 0 Å². The second-order valence-electron chi connectivity index (χ2n) is 4.03. The molecule has 0 spiro atoms. The molecule has 0 saturated heterocycles. The van der Waals surface area contributed by atoms with Gasteiger partial charge in [0.05, 0.1) is 6.10 Å². The first-order valence-electron chi connectivity index (χ1n) is 5.35. The second-order valence-corrected chi connectivity index (χ2v) is 4.47. The molecule has 0 aliphatic heterocycles. The third-order valence-electron chi connectivity index (χ3n) is 2.14. The van der Waals surface area contributed by atoms with Gasteiger partial charge in [0.15, 0.2) is 0 Å². The average molecular weight is 254 g/mol. The number of aliphatic hydroxyl groups excluding tert-OH is 1. The number of hydrogen-bond acceptors (Lipinski definition) is 2. The fourth-order valence-corrected chi connectivity index (χ4v) is 1.44. The van der Waals surface area contributed by atoms with E-state index in [0.717, 1.165) is 11.1 Å². The summed E-state index contributed by atoms with van der Waals surface area (Å²) in [5.74, 6) is -0.196. The van der Waals surface area contributed by atoms with Gasteiger partial charge in [-0.15, -0.1) is 0 Å². The maximum absolute atomic E-state index is 11.3. The maximum Gasteiger partial charge on any atom is 0.244 e. The van der Waals surface area contributed by atoms with Crippen molar-refractivity contribution < 1.29 is 9.90 Å². The molecule has 1 unspecified atom stereocenters. The number of amides is 1. The predicted molar refractivity (Wildman–Crippen MR) is 68.9 cm³/mol. The molecule has 1 amide bonds. The van der Waals surface area contributed by atoms with Crippen LogP contribution in [-0.4, -0.2) is 17.6 Å². The van der Waals surface area contributed by atoms with Crippen LogP contribution in [0.3, 0.4) is 0 Å². The zero-order valence-electron chi connectivity index (χ0n) is 9.90. The lowest BCUT2D eigenvalue weighted by atomic mass is 10.1. The molecular weight excluding hydrogens is 238 g/mol. The molecule has 1 rings (SSSR count). The summed E-state index contributed by atoms with van der Waals surface area (Å²) in [5, 5.41) is 13.1. The van der Waals surface area contributed by atoms with Crippen LogP contribution in [-0.2, 0) is 4.79 Å². The van der Waals surface area contributed by atoms with E-state index >= 15 is 0 Å². The van der Waals surface area contributed by atoms with Crippen molar-refractivity contribution in [3.05, 3.63) is 46.5 Å². The van der Waals surface area contributed by atoms with Crippen LogP contribution in [0.5, 0.6) is 0 Å². The fraction of sp³-hybridized carbons (Fsp3) is 0.308. The predicted octanol–water partition coefficient (Wildman–Crippen LogP) is 2.46. The minimum Gasteiger partial charge on any atom is -0.387 e. The lowest BCUT2D eigenvalue weighted by molar-refractivity contribution is -0.117. The third kappa shape index (κ3) is 5.02. The fourth-order valence-electron chi connectivity index (χ4n) is 1.31. The molecule has 92 valence electrons. The van der Waals surface area contributed by atoms with Crippen LogP contribution in [0.15, 0.2) is 35.9 Å². The number of halogens is 1. The van der Waals surface area contributed by atoms with Crippen molar-refractivity contribution in [2.75, 3.05) is 6.54 Å². The zero-order chi connectivity index (χ0) is 12.8.